The summed E-state index contributed by atoms with van der Waals surface area (Å²) in [5.74, 6) is 0.0856. The lowest BCUT2D eigenvalue weighted by Gasteiger charge is -2.23. The Morgan fingerprint density at radius 2 is 1.70 bits per heavy atom. The number of nitrogens with one attached hydrogen (secondary N) is 2. The molecule has 0 radical (unpaired) electrons. The van der Waals surface area contributed by atoms with E-state index >= 15 is 0 Å². The number of hydrazine groups is 1. The van der Waals surface area contributed by atoms with E-state index in [-0.39, 0.29) is 5.70 Å². The SMILES string of the molecule is COc1ccc(C=C(NC(=O)c2ccccc2)C(=O)NN(C)c2ccnc3cc(Cl)ccc23)cc1OC. The number of benzene rings is 3. The molecule has 0 saturated carbocycles. The molecule has 8 nitrogen and oxygen atoms in total. The number of methoxy groups -OCH3 is 2. The van der Waals surface area contributed by atoms with Gasteiger partial charge >= 0.3 is 0 Å². The highest BCUT2D eigenvalue weighted by molar-refractivity contribution is 6.31. The van der Waals surface area contributed by atoms with Gasteiger partial charge in [-0.2, -0.15) is 0 Å². The van der Waals surface area contributed by atoms with Crippen molar-refractivity contribution in [3.8, 4) is 11.5 Å². The zero-order chi connectivity index (χ0) is 26.4. The van der Waals surface area contributed by atoms with Gasteiger partial charge in [0, 0.05) is 29.2 Å². The predicted octanol–water partition coefficient (Wildman–Crippen LogP) is 4.84. The monoisotopic (exact) mass is 516 g/mol. The second kappa shape index (κ2) is 11.5. The minimum absolute atomic E-state index is 0.0364. The molecule has 0 aliphatic heterocycles. The third-order valence-electron chi connectivity index (χ3n) is 5.56. The van der Waals surface area contributed by atoms with Crippen LogP contribution in [0.3, 0.4) is 0 Å². The Balaban J connectivity index is 1.66. The third kappa shape index (κ3) is 5.99. The molecule has 0 spiro atoms. The van der Waals surface area contributed by atoms with Gasteiger partial charge < -0.3 is 14.8 Å². The topological polar surface area (TPSA) is 92.8 Å². The van der Waals surface area contributed by atoms with Gasteiger partial charge in [0.15, 0.2) is 11.5 Å². The average Bonchev–Trinajstić information content (AvgIpc) is 2.92. The van der Waals surface area contributed by atoms with Crippen molar-refractivity contribution in [1.82, 2.24) is 15.7 Å². The van der Waals surface area contributed by atoms with Crippen LogP contribution in [0.15, 0.2) is 84.7 Å². The number of pyridine rings is 1. The normalized spacial score (nSPS) is 11.1. The summed E-state index contributed by atoms with van der Waals surface area (Å²) in [6, 6.07) is 21.0. The molecule has 0 fully saturated rings. The van der Waals surface area contributed by atoms with Crippen molar-refractivity contribution in [3.05, 3.63) is 101 Å². The molecule has 0 aliphatic rings. The summed E-state index contributed by atoms with van der Waals surface area (Å²) in [5.41, 5.74) is 5.29. The largest absolute Gasteiger partial charge is 0.493 e. The maximum Gasteiger partial charge on any atom is 0.286 e. The van der Waals surface area contributed by atoms with Gasteiger partial charge in [-0.3, -0.25) is 25.0 Å². The van der Waals surface area contributed by atoms with Gasteiger partial charge in [0.2, 0.25) is 0 Å². The van der Waals surface area contributed by atoms with E-state index < -0.39 is 11.8 Å². The molecule has 0 atom stereocenters. The number of carbonyl (C=O) groups excluding carboxylic acids is 2. The number of fused-ring (bicyclic) bond motifs is 1. The van der Waals surface area contributed by atoms with Gasteiger partial charge in [-0.05, 0) is 60.2 Å². The number of hydrogen-bond acceptors (Lipinski definition) is 6. The Hall–Kier alpha value is -4.56. The number of hydrogen-bond donors (Lipinski definition) is 2. The highest BCUT2D eigenvalue weighted by Gasteiger charge is 2.18. The van der Waals surface area contributed by atoms with E-state index in [0.29, 0.717) is 38.9 Å². The van der Waals surface area contributed by atoms with E-state index in [2.05, 4.69) is 15.7 Å². The fraction of sp³-hybridized carbons (Fsp3) is 0.107. The highest BCUT2D eigenvalue weighted by atomic mass is 35.5. The van der Waals surface area contributed by atoms with Crippen LogP contribution in [-0.2, 0) is 4.79 Å². The fourth-order valence-electron chi connectivity index (χ4n) is 3.72. The molecule has 1 heterocycles. The van der Waals surface area contributed by atoms with E-state index in [1.807, 2.05) is 12.1 Å². The summed E-state index contributed by atoms with van der Waals surface area (Å²) in [6.45, 7) is 0. The van der Waals surface area contributed by atoms with Crippen LogP contribution in [0.4, 0.5) is 5.69 Å². The number of aromatic nitrogens is 1. The first kappa shape index (κ1) is 25.5. The van der Waals surface area contributed by atoms with Crippen molar-refractivity contribution in [2.24, 2.45) is 0 Å². The fourth-order valence-corrected chi connectivity index (χ4v) is 3.89. The second-order valence-corrected chi connectivity index (χ2v) is 8.42. The van der Waals surface area contributed by atoms with Crippen molar-refractivity contribution >= 4 is 46.1 Å². The van der Waals surface area contributed by atoms with E-state index in [4.69, 9.17) is 21.1 Å². The number of nitrogens with zero attached hydrogens (tertiary/aromatic N) is 2. The Morgan fingerprint density at radius 3 is 2.43 bits per heavy atom. The summed E-state index contributed by atoms with van der Waals surface area (Å²) in [5, 5.41) is 5.66. The Bertz CT molecular complexity index is 1470. The smallest absolute Gasteiger partial charge is 0.286 e. The maximum atomic E-state index is 13.4. The number of carbonyl (C=O) groups is 2. The van der Waals surface area contributed by atoms with Crippen molar-refractivity contribution in [2.75, 3.05) is 26.3 Å². The van der Waals surface area contributed by atoms with Gasteiger partial charge in [0.25, 0.3) is 11.8 Å². The zero-order valence-corrected chi connectivity index (χ0v) is 21.2. The molecule has 2 amide bonds. The first-order valence-electron chi connectivity index (χ1n) is 11.3. The van der Waals surface area contributed by atoms with Crippen LogP contribution in [0.2, 0.25) is 5.02 Å². The molecular formula is C28H25ClN4O4. The lowest BCUT2D eigenvalue weighted by Crippen LogP contribution is -2.43. The summed E-state index contributed by atoms with van der Waals surface area (Å²) in [4.78, 5) is 30.7. The Kier molecular flexibility index (Phi) is 7.90. The van der Waals surface area contributed by atoms with E-state index in [9.17, 15) is 9.59 Å². The number of ether oxygens (including phenoxy) is 2. The van der Waals surface area contributed by atoms with Crippen molar-refractivity contribution in [2.45, 2.75) is 0 Å². The molecule has 3 aromatic carbocycles. The minimum Gasteiger partial charge on any atom is -0.493 e. The first-order valence-corrected chi connectivity index (χ1v) is 11.7. The Labute approximate surface area is 219 Å². The summed E-state index contributed by atoms with van der Waals surface area (Å²) in [7, 11) is 4.77. The predicted molar refractivity (Wildman–Crippen MR) is 145 cm³/mol. The quantitative estimate of drug-likeness (QED) is 0.257. The molecule has 0 unspecified atom stereocenters. The van der Waals surface area contributed by atoms with Crippen LogP contribution >= 0.6 is 11.6 Å². The number of rotatable bonds is 8. The molecule has 37 heavy (non-hydrogen) atoms. The average molecular weight is 517 g/mol. The van der Waals surface area contributed by atoms with Crippen molar-refractivity contribution in [1.29, 1.82) is 0 Å². The van der Waals surface area contributed by atoms with E-state index in [0.717, 1.165) is 5.39 Å². The molecule has 1 aromatic heterocycles. The van der Waals surface area contributed by atoms with Gasteiger partial charge in [-0.15, -0.1) is 0 Å². The van der Waals surface area contributed by atoms with Crippen LogP contribution in [0.1, 0.15) is 15.9 Å². The standard InChI is InChI=1S/C28H25ClN4O4/c1-33(24-13-14-30-22-17-20(29)10-11-21(22)24)32-28(35)23(31-27(34)19-7-5-4-6-8-19)15-18-9-12-25(36-2)26(16-18)37-3/h4-17H,1-3H3,(H,31,34)(H,32,35). The zero-order valence-electron chi connectivity index (χ0n) is 20.5. The number of amides is 2. The summed E-state index contributed by atoms with van der Waals surface area (Å²) in [6.07, 6.45) is 3.20. The van der Waals surface area contributed by atoms with Crippen LogP contribution in [0.5, 0.6) is 11.5 Å². The molecule has 9 heteroatoms. The molecule has 4 aromatic rings. The van der Waals surface area contributed by atoms with Gasteiger partial charge in [-0.25, -0.2) is 0 Å². The second-order valence-electron chi connectivity index (χ2n) is 7.98. The van der Waals surface area contributed by atoms with Crippen LogP contribution < -0.4 is 25.2 Å². The van der Waals surface area contributed by atoms with Gasteiger partial charge in [0.05, 0.1) is 25.4 Å². The van der Waals surface area contributed by atoms with Crippen molar-refractivity contribution in [3.63, 3.8) is 0 Å². The summed E-state index contributed by atoms with van der Waals surface area (Å²) >= 11 is 6.11. The first-order chi connectivity index (χ1) is 17.9. The van der Waals surface area contributed by atoms with Crippen LogP contribution in [0.25, 0.3) is 17.0 Å². The molecule has 0 aliphatic carbocycles. The lowest BCUT2D eigenvalue weighted by molar-refractivity contribution is -0.117. The third-order valence-corrected chi connectivity index (χ3v) is 5.79. The molecule has 0 bridgehead atoms. The molecular weight excluding hydrogens is 492 g/mol. The van der Waals surface area contributed by atoms with Crippen LogP contribution in [0, 0.1) is 0 Å². The molecule has 4 rings (SSSR count). The highest BCUT2D eigenvalue weighted by Crippen LogP contribution is 2.29. The molecule has 2 N–H and O–H groups in total. The van der Waals surface area contributed by atoms with Gasteiger partial charge in [0.1, 0.15) is 5.70 Å². The number of anilines is 1. The summed E-state index contributed by atoms with van der Waals surface area (Å²) < 4.78 is 10.7. The molecule has 188 valence electrons. The van der Waals surface area contributed by atoms with E-state index in [1.165, 1.54) is 7.11 Å². The van der Waals surface area contributed by atoms with Gasteiger partial charge in [-0.1, -0.05) is 35.9 Å². The van der Waals surface area contributed by atoms with Crippen LogP contribution in [-0.4, -0.2) is 38.1 Å². The van der Waals surface area contributed by atoms with E-state index in [1.54, 1.807) is 92.1 Å². The van der Waals surface area contributed by atoms with Crippen molar-refractivity contribution < 1.29 is 19.1 Å². The molecule has 0 saturated heterocycles. The lowest BCUT2D eigenvalue weighted by atomic mass is 10.1. The maximum absolute atomic E-state index is 13.4. The number of halogens is 1. The minimum atomic E-state index is -0.527. The Morgan fingerprint density at radius 1 is 0.946 bits per heavy atom.